The van der Waals surface area contributed by atoms with Gasteiger partial charge in [0.05, 0.1) is 19.5 Å². The summed E-state index contributed by atoms with van der Waals surface area (Å²) in [5.74, 6) is -0.382. The summed E-state index contributed by atoms with van der Waals surface area (Å²) in [5, 5.41) is 12.8. The van der Waals surface area contributed by atoms with Gasteiger partial charge in [-0.1, -0.05) is 0 Å². The van der Waals surface area contributed by atoms with E-state index in [9.17, 15) is 4.79 Å². The van der Waals surface area contributed by atoms with Crippen LogP contribution in [-0.2, 0) is 10.3 Å². The minimum atomic E-state index is -1.04. The lowest BCUT2D eigenvalue weighted by molar-refractivity contribution is -0.146. The molecule has 1 aromatic heterocycles. The summed E-state index contributed by atoms with van der Waals surface area (Å²) in [7, 11) is 1.51. The highest BCUT2D eigenvalue weighted by atomic mass is 16.5. The fraction of sp³-hybridized carbons (Fsp3) is 0.500. The molecule has 0 radical (unpaired) electrons. The first-order chi connectivity index (χ1) is 5.98. The molecule has 1 aromatic rings. The Kier molecular flexibility index (Phi) is 2.27. The van der Waals surface area contributed by atoms with E-state index in [4.69, 9.17) is 9.84 Å². The van der Waals surface area contributed by atoms with Crippen molar-refractivity contribution in [2.24, 2.45) is 0 Å². The van der Waals surface area contributed by atoms with Crippen LogP contribution in [0.15, 0.2) is 12.4 Å². The van der Waals surface area contributed by atoms with Gasteiger partial charge in [0, 0.05) is 0 Å². The summed E-state index contributed by atoms with van der Waals surface area (Å²) in [6.45, 7) is 3.14. The first kappa shape index (κ1) is 9.57. The van der Waals surface area contributed by atoms with Crippen LogP contribution in [0.4, 0.5) is 0 Å². The monoisotopic (exact) mass is 184 g/mol. The average Bonchev–Trinajstić information content (AvgIpc) is 2.51. The second-order valence-corrected chi connectivity index (χ2v) is 3.19. The Labute approximate surface area is 75.9 Å². The van der Waals surface area contributed by atoms with E-state index in [1.807, 2.05) is 0 Å². The molecular formula is C8H12N2O3. The number of carboxylic acids is 1. The summed E-state index contributed by atoms with van der Waals surface area (Å²) in [4.78, 5) is 10.8. The van der Waals surface area contributed by atoms with Gasteiger partial charge in [-0.3, -0.25) is 4.68 Å². The minimum absolute atomic E-state index is 0.550. The molecule has 0 saturated heterocycles. The maximum absolute atomic E-state index is 10.8. The van der Waals surface area contributed by atoms with E-state index in [0.29, 0.717) is 5.75 Å². The Morgan fingerprint density at radius 2 is 2.31 bits per heavy atom. The third kappa shape index (κ3) is 1.63. The quantitative estimate of drug-likeness (QED) is 0.751. The summed E-state index contributed by atoms with van der Waals surface area (Å²) in [5.41, 5.74) is -1.04. The third-order valence-corrected chi connectivity index (χ3v) is 1.89. The molecule has 0 unspecified atom stereocenters. The predicted octanol–water partition coefficient (Wildman–Crippen LogP) is 0.711. The Balaban J connectivity index is 3.00. The molecule has 0 fully saturated rings. The maximum atomic E-state index is 10.8. The molecule has 13 heavy (non-hydrogen) atoms. The van der Waals surface area contributed by atoms with Gasteiger partial charge in [0.1, 0.15) is 0 Å². The second-order valence-electron chi connectivity index (χ2n) is 3.19. The van der Waals surface area contributed by atoms with E-state index in [1.165, 1.54) is 18.0 Å². The molecule has 0 bridgehead atoms. The first-order valence-electron chi connectivity index (χ1n) is 3.81. The van der Waals surface area contributed by atoms with E-state index >= 15 is 0 Å². The molecule has 1 N–H and O–H groups in total. The number of ether oxygens (including phenoxy) is 1. The molecule has 0 aliphatic rings. The minimum Gasteiger partial charge on any atom is -0.493 e. The number of nitrogens with zero attached hydrogens (tertiary/aromatic N) is 2. The Bertz CT molecular complexity index is 317. The summed E-state index contributed by atoms with van der Waals surface area (Å²) >= 11 is 0. The average molecular weight is 184 g/mol. The van der Waals surface area contributed by atoms with E-state index in [2.05, 4.69) is 5.10 Å². The fourth-order valence-corrected chi connectivity index (χ4v) is 0.815. The largest absolute Gasteiger partial charge is 0.493 e. The predicted molar refractivity (Wildman–Crippen MR) is 45.7 cm³/mol. The number of methoxy groups -OCH3 is 1. The van der Waals surface area contributed by atoms with E-state index in [0.717, 1.165) is 0 Å². The van der Waals surface area contributed by atoms with Gasteiger partial charge in [0.2, 0.25) is 0 Å². The molecule has 5 heteroatoms. The highest BCUT2D eigenvalue weighted by Crippen LogP contribution is 2.17. The molecule has 1 rings (SSSR count). The summed E-state index contributed by atoms with van der Waals surface area (Å²) in [6, 6.07) is 0. The maximum Gasteiger partial charge on any atom is 0.331 e. The van der Waals surface area contributed by atoms with Gasteiger partial charge in [-0.15, -0.1) is 0 Å². The van der Waals surface area contributed by atoms with Crippen molar-refractivity contribution in [2.45, 2.75) is 19.4 Å². The van der Waals surface area contributed by atoms with Crippen LogP contribution in [0.25, 0.3) is 0 Å². The zero-order valence-electron chi connectivity index (χ0n) is 7.81. The fourth-order valence-electron chi connectivity index (χ4n) is 0.815. The molecule has 5 nitrogen and oxygen atoms in total. The van der Waals surface area contributed by atoms with Crippen LogP contribution in [0.5, 0.6) is 5.75 Å². The van der Waals surface area contributed by atoms with Gasteiger partial charge in [0.25, 0.3) is 0 Å². The Hall–Kier alpha value is -1.52. The normalized spacial score (nSPS) is 11.3. The molecular weight excluding hydrogens is 172 g/mol. The van der Waals surface area contributed by atoms with Gasteiger partial charge < -0.3 is 9.84 Å². The van der Waals surface area contributed by atoms with Crippen LogP contribution < -0.4 is 4.74 Å². The lowest BCUT2D eigenvalue weighted by atomic mass is 10.1. The lowest BCUT2D eigenvalue weighted by Gasteiger charge is -2.19. The van der Waals surface area contributed by atoms with Crippen molar-refractivity contribution in [1.82, 2.24) is 9.78 Å². The van der Waals surface area contributed by atoms with E-state index < -0.39 is 11.5 Å². The molecule has 0 aromatic carbocycles. The second kappa shape index (κ2) is 3.08. The summed E-state index contributed by atoms with van der Waals surface area (Å²) < 4.78 is 6.25. The molecule has 0 atom stereocenters. The van der Waals surface area contributed by atoms with Crippen molar-refractivity contribution in [3.05, 3.63) is 12.4 Å². The Morgan fingerprint density at radius 3 is 2.69 bits per heavy atom. The van der Waals surface area contributed by atoms with Gasteiger partial charge in [-0.2, -0.15) is 5.10 Å². The molecule has 0 saturated carbocycles. The van der Waals surface area contributed by atoms with Crippen molar-refractivity contribution in [1.29, 1.82) is 0 Å². The van der Waals surface area contributed by atoms with Crippen LogP contribution >= 0.6 is 0 Å². The number of carboxylic acid groups (broad SMARTS) is 1. The topological polar surface area (TPSA) is 64.4 Å². The van der Waals surface area contributed by atoms with Crippen LogP contribution in [0.3, 0.4) is 0 Å². The number of aliphatic carboxylic acids is 1. The number of hydrogen-bond acceptors (Lipinski definition) is 3. The van der Waals surface area contributed by atoms with E-state index in [-0.39, 0.29) is 0 Å². The Morgan fingerprint density at radius 1 is 1.69 bits per heavy atom. The van der Waals surface area contributed by atoms with Crippen LogP contribution in [0.2, 0.25) is 0 Å². The number of aromatic nitrogens is 2. The number of rotatable bonds is 3. The van der Waals surface area contributed by atoms with Gasteiger partial charge in [0.15, 0.2) is 11.3 Å². The van der Waals surface area contributed by atoms with Crippen LogP contribution in [0, 0.1) is 0 Å². The smallest absolute Gasteiger partial charge is 0.331 e. The molecule has 72 valence electrons. The summed E-state index contributed by atoms with van der Waals surface area (Å²) in [6.07, 6.45) is 3.03. The van der Waals surface area contributed by atoms with Crippen molar-refractivity contribution in [3.8, 4) is 5.75 Å². The van der Waals surface area contributed by atoms with Gasteiger partial charge in [-0.05, 0) is 13.8 Å². The van der Waals surface area contributed by atoms with Crippen molar-refractivity contribution < 1.29 is 14.6 Å². The highest BCUT2D eigenvalue weighted by Gasteiger charge is 2.30. The molecule has 0 spiro atoms. The van der Waals surface area contributed by atoms with Gasteiger partial charge in [-0.25, -0.2) is 4.79 Å². The molecule has 0 aliphatic heterocycles. The van der Waals surface area contributed by atoms with Crippen molar-refractivity contribution in [3.63, 3.8) is 0 Å². The molecule has 0 amide bonds. The van der Waals surface area contributed by atoms with Crippen LogP contribution in [0.1, 0.15) is 13.8 Å². The molecule has 0 aliphatic carbocycles. The van der Waals surface area contributed by atoms with Crippen molar-refractivity contribution >= 4 is 5.97 Å². The molecule has 1 heterocycles. The number of hydrogen-bond donors (Lipinski definition) is 1. The van der Waals surface area contributed by atoms with Gasteiger partial charge >= 0.3 is 5.97 Å². The van der Waals surface area contributed by atoms with Crippen LogP contribution in [-0.4, -0.2) is 28.0 Å². The van der Waals surface area contributed by atoms with Crippen molar-refractivity contribution in [2.75, 3.05) is 7.11 Å². The van der Waals surface area contributed by atoms with E-state index in [1.54, 1.807) is 20.0 Å². The lowest BCUT2D eigenvalue weighted by Crippen LogP contribution is -2.35. The zero-order chi connectivity index (χ0) is 10.1. The SMILES string of the molecule is COc1cnn(C(C)(C)C(=O)O)c1. The zero-order valence-corrected chi connectivity index (χ0v) is 7.81. The standard InChI is InChI=1S/C8H12N2O3/c1-8(2,7(11)12)10-5-6(13-3)4-9-10/h4-5H,1-3H3,(H,11,12). The highest BCUT2D eigenvalue weighted by molar-refractivity contribution is 5.75. The first-order valence-corrected chi connectivity index (χ1v) is 3.81. The number of carbonyl (C=O) groups is 1. The third-order valence-electron chi connectivity index (χ3n) is 1.89.